The van der Waals surface area contributed by atoms with Gasteiger partial charge in [-0.25, -0.2) is 4.98 Å². The maximum atomic E-state index is 12.9. The number of aromatic nitrogens is 1. The predicted molar refractivity (Wildman–Crippen MR) is 93.3 cm³/mol. The summed E-state index contributed by atoms with van der Waals surface area (Å²) in [6.45, 7) is 2.83. The molecule has 0 unspecified atom stereocenters. The van der Waals surface area contributed by atoms with Gasteiger partial charge >= 0.3 is 0 Å². The molecule has 1 aliphatic heterocycles. The molecule has 116 valence electrons. The highest BCUT2D eigenvalue weighted by molar-refractivity contribution is 8.00. The third kappa shape index (κ3) is 2.68. The molecular formula is C17H14N2O2S2. The van der Waals surface area contributed by atoms with E-state index in [9.17, 15) is 4.79 Å². The molecular weight excluding hydrogens is 328 g/mol. The van der Waals surface area contributed by atoms with Crippen LogP contribution in [0.1, 0.15) is 17.4 Å². The number of carbonyl (C=O) groups is 1. The number of thiazole rings is 1. The third-order valence-corrected chi connectivity index (χ3v) is 5.70. The van der Waals surface area contributed by atoms with Gasteiger partial charge in [-0.1, -0.05) is 19.1 Å². The Hall–Kier alpha value is -2.05. The molecule has 0 fully saturated rings. The van der Waals surface area contributed by atoms with E-state index < -0.39 is 0 Å². The summed E-state index contributed by atoms with van der Waals surface area (Å²) in [6, 6.07) is 9.88. The molecule has 2 aromatic heterocycles. The van der Waals surface area contributed by atoms with Gasteiger partial charge in [0, 0.05) is 27.6 Å². The van der Waals surface area contributed by atoms with Gasteiger partial charge in [0.25, 0.3) is 5.91 Å². The Balaban J connectivity index is 1.67. The van der Waals surface area contributed by atoms with Crippen molar-refractivity contribution in [1.29, 1.82) is 0 Å². The first-order chi connectivity index (χ1) is 11.2. The van der Waals surface area contributed by atoms with Crippen molar-refractivity contribution >= 4 is 34.7 Å². The molecule has 0 N–H and O–H groups in total. The molecule has 0 radical (unpaired) electrons. The van der Waals surface area contributed by atoms with Crippen molar-refractivity contribution in [1.82, 2.24) is 4.98 Å². The summed E-state index contributed by atoms with van der Waals surface area (Å²) < 4.78 is 5.08. The molecule has 1 atom stereocenters. The van der Waals surface area contributed by atoms with Crippen molar-refractivity contribution in [2.75, 3.05) is 11.4 Å². The molecule has 0 saturated heterocycles. The number of nitrogens with zero attached hydrogens (tertiary/aromatic N) is 2. The van der Waals surface area contributed by atoms with Gasteiger partial charge in [-0.15, -0.1) is 23.1 Å². The van der Waals surface area contributed by atoms with Crippen LogP contribution in [0.4, 0.5) is 5.69 Å². The summed E-state index contributed by atoms with van der Waals surface area (Å²) in [5.74, 6) is -0.0457. The van der Waals surface area contributed by atoms with Gasteiger partial charge in [0.1, 0.15) is 17.0 Å². The quantitative estimate of drug-likeness (QED) is 0.686. The van der Waals surface area contributed by atoms with E-state index in [-0.39, 0.29) is 5.91 Å². The molecule has 4 nitrogen and oxygen atoms in total. The average molecular weight is 342 g/mol. The van der Waals surface area contributed by atoms with Crippen LogP contribution >= 0.6 is 23.1 Å². The maximum absolute atomic E-state index is 12.9. The average Bonchev–Trinajstić information content (AvgIpc) is 3.24. The lowest BCUT2D eigenvalue weighted by atomic mass is 10.2. The molecule has 23 heavy (non-hydrogen) atoms. The van der Waals surface area contributed by atoms with Gasteiger partial charge in [0.15, 0.2) is 0 Å². The maximum Gasteiger partial charge on any atom is 0.277 e. The number of thioether (sulfide) groups is 1. The molecule has 0 bridgehead atoms. The molecule has 3 heterocycles. The zero-order valence-corrected chi connectivity index (χ0v) is 14.1. The second-order valence-corrected chi connectivity index (χ2v) is 7.70. The number of carbonyl (C=O) groups excluding carboxylic acids is 1. The van der Waals surface area contributed by atoms with Gasteiger partial charge in [-0.3, -0.25) is 4.79 Å². The lowest BCUT2D eigenvalue weighted by Crippen LogP contribution is -2.38. The monoisotopic (exact) mass is 342 g/mol. The SMILES string of the molecule is C[C@@H]1CN(C(=O)c2csc(-c3ccoc3)n2)c2ccccc2S1. The topological polar surface area (TPSA) is 46.3 Å². The Morgan fingerprint density at radius 2 is 2.22 bits per heavy atom. The van der Waals surface area contributed by atoms with E-state index >= 15 is 0 Å². The minimum Gasteiger partial charge on any atom is -0.472 e. The zero-order chi connectivity index (χ0) is 15.8. The van der Waals surface area contributed by atoms with Gasteiger partial charge in [0.2, 0.25) is 0 Å². The Morgan fingerprint density at radius 1 is 1.35 bits per heavy atom. The van der Waals surface area contributed by atoms with Gasteiger partial charge < -0.3 is 9.32 Å². The summed E-state index contributed by atoms with van der Waals surface area (Å²) in [5.41, 5.74) is 2.36. The summed E-state index contributed by atoms with van der Waals surface area (Å²) >= 11 is 3.27. The van der Waals surface area contributed by atoms with Gasteiger partial charge in [-0.2, -0.15) is 0 Å². The highest BCUT2D eigenvalue weighted by atomic mass is 32.2. The van der Waals surface area contributed by atoms with Crippen LogP contribution in [0, 0.1) is 0 Å². The summed E-state index contributed by atoms with van der Waals surface area (Å²) in [5, 5.41) is 2.98. The Bertz CT molecular complexity index is 842. The van der Waals surface area contributed by atoms with Crippen LogP contribution < -0.4 is 4.90 Å². The van der Waals surface area contributed by atoms with E-state index in [4.69, 9.17) is 4.42 Å². The van der Waals surface area contributed by atoms with Crippen molar-refractivity contribution < 1.29 is 9.21 Å². The Labute approximate surface area is 142 Å². The van der Waals surface area contributed by atoms with E-state index in [1.54, 1.807) is 12.5 Å². The number of anilines is 1. The molecule has 0 saturated carbocycles. The molecule has 0 aliphatic carbocycles. The summed E-state index contributed by atoms with van der Waals surface area (Å²) in [7, 11) is 0. The van der Waals surface area contributed by atoms with Crippen molar-refractivity contribution in [3.63, 3.8) is 0 Å². The number of amides is 1. The number of rotatable bonds is 2. The number of fused-ring (bicyclic) bond motifs is 1. The molecule has 1 aliphatic rings. The number of benzene rings is 1. The fourth-order valence-electron chi connectivity index (χ4n) is 2.61. The molecule has 1 aromatic carbocycles. The number of furan rings is 1. The van der Waals surface area contributed by atoms with Gasteiger partial charge in [-0.05, 0) is 18.2 Å². The largest absolute Gasteiger partial charge is 0.472 e. The van der Waals surface area contributed by atoms with Crippen LogP contribution in [-0.2, 0) is 0 Å². The number of hydrogen-bond acceptors (Lipinski definition) is 5. The van der Waals surface area contributed by atoms with Crippen LogP contribution in [0.3, 0.4) is 0 Å². The van der Waals surface area contributed by atoms with Crippen LogP contribution in [0.5, 0.6) is 0 Å². The zero-order valence-electron chi connectivity index (χ0n) is 12.4. The first-order valence-electron chi connectivity index (χ1n) is 7.28. The Kier molecular flexibility index (Phi) is 3.71. The van der Waals surface area contributed by atoms with Crippen LogP contribution in [-0.4, -0.2) is 22.7 Å². The van der Waals surface area contributed by atoms with E-state index in [1.165, 1.54) is 11.3 Å². The molecule has 6 heteroatoms. The van der Waals surface area contributed by atoms with E-state index in [1.807, 2.05) is 46.3 Å². The minimum absolute atomic E-state index is 0.0457. The smallest absolute Gasteiger partial charge is 0.277 e. The minimum atomic E-state index is -0.0457. The third-order valence-electron chi connectivity index (χ3n) is 3.66. The fourth-order valence-corrected chi connectivity index (χ4v) is 4.50. The van der Waals surface area contributed by atoms with Crippen molar-refractivity contribution in [3.05, 3.63) is 53.9 Å². The second kappa shape index (κ2) is 5.86. The van der Waals surface area contributed by atoms with Crippen LogP contribution in [0.15, 0.2) is 57.6 Å². The first-order valence-corrected chi connectivity index (χ1v) is 9.04. The van der Waals surface area contributed by atoms with E-state index in [0.29, 0.717) is 17.5 Å². The molecule has 1 amide bonds. The van der Waals surface area contributed by atoms with Crippen molar-refractivity contribution in [3.8, 4) is 10.6 Å². The van der Waals surface area contributed by atoms with Gasteiger partial charge in [0.05, 0.1) is 12.0 Å². The number of hydrogen-bond donors (Lipinski definition) is 0. The van der Waals surface area contributed by atoms with E-state index in [0.717, 1.165) is 21.2 Å². The lowest BCUT2D eigenvalue weighted by molar-refractivity contribution is 0.0982. The first kappa shape index (κ1) is 14.5. The van der Waals surface area contributed by atoms with E-state index in [2.05, 4.69) is 18.0 Å². The second-order valence-electron chi connectivity index (χ2n) is 5.36. The predicted octanol–water partition coefficient (Wildman–Crippen LogP) is 4.54. The molecule has 3 aromatic rings. The lowest BCUT2D eigenvalue weighted by Gasteiger charge is -2.32. The number of para-hydroxylation sites is 1. The highest BCUT2D eigenvalue weighted by Gasteiger charge is 2.28. The summed E-state index contributed by atoms with van der Waals surface area (Å²) in [6.07, 6.45) is 3.25. The molecule has 4 rings (SSSR count). The van der Waals surface area contributed by atoms with Crippen LogP contribution in [0.2, 0.25) is 0 Å². The standard InChI is InChI=1S/C17H14N2O2S2/c1-11-8-19(14-4-2-3-5-15(14)23-11)17(20)13-10-22-16(18-13)12-6-7-21-9-12/h2-7,9-11H,8H2,1H3/t11-/m1/s1. The fraction of sp³-hybridized carbons (Fsp3) is 0.176. The Morgan fingerprint density at radius 3 is 3.04 bits per heavy atom. The van der Waals surface area contributed by atoms with Crippen LogP contribution in [0.25, 0.3) is 10.6 Å². The normalized spacial score (nSPS) is 17.1. The van der Waals surface area contributed by atoms with Crippen molar-refractivity contribution in [2.45, 2.75) is 17.1 Å². The highest BCUT2D eigenvalue weighted by Crippen LogP contribution is 2.39. The summed E-state index contributed by atoms with van der Waals surface area (Å²) in [4.78, 5) is 20.4. The van der Waals surface area contributed by atoms with Crippen molar-refractivity contribution in [2.24, 2.45) is 0 Å². The molecule has 0 spiro atoms.